The molecule has 2 heterocycles. The number of aromatic nitrogens is 1. The molecule has 1 saturated heterocycles. The Morgan fingerprint density at radius 1 is 1.38 bits per heavy atom. The van der Waals surface area contributed by atoms with Crippen molar-refractivity contribution in [2.45, 2.75) is 18.9 Å². The molecule has 1 amide bonds. The molecule has 7 nitrogen and oxygen atoms in total. The third kappa shape index (κ3) is 2.62. The van der Waals surface area contributed by atoms with Crippen molar-refractivity contribution >= 4 is 28.2 Å². The Morgan fingerprint density at radius 2 is 2.24 bits per heavy atom. The second-order valence-electron chi connectivity index (χ2n) is 4.97. The van der Waals surface area contributed by atoms with Gasteiger partial charge in [-0.3, -0.25) is 19.9 Å². The van der Waals surface area contributed by atoms with E-state index in [1.165, 1.54) is 0 Å². The van der Waals surface area contributed by atoms with Crippen LogP contribution in [0.3, 0.4) is 0 Å². The first-order valence-electron chi connectivity index (χ1n) is 6.70. The van der Waals surface area contributed by atoms with Gasteiger partial charge in [0, 0.05) is 25.2 Å². The summed E-state index contributed by atoms with van der Waals surface area (Å²) in [5.74, 6) is 0.0188. The number of amides is 1. The topological polar surface area (TPSA) is 97.2 Å². The van der Waals surface area contributed by atoms with Crippen LogP contribution in [0.1, 0.15) is 12.8 Å². The van der Waals surface area contributed by atoms with Gasteiger partial charge in [0.15, 0.2) is 0 Å². The molecule has 1 aromatic heterocycles. The van der Waals surface area contributed by atoms with E-state index in [0.717, 1.165) is 0 Å². The highest BCUT2D eigenvalue weighted by Crippen LogP contribution is 2.33. The van der Waals surface area contributed by atoms with Crippen molar-refractivity contribution in [1.82, 2.24) is 10.3 Å². The smallest absolute Gasteiger partial charge is 0.301 e. The third-order valence-corrected chi connectivity index (χ3v) is 3.56. The second kappa shape index (κ2) is 5.35. The summed E-state index contributed by atoms with van der Waals surface area (Å²) in [5, 5.41) is 17.8. The quantitative estimate of drug-likeness (QED) is 0.662. The third-order valence-electron chi connectivity index (χ3n) is 3.56. The Hall–Kier alpha value is -2.70. The van der Waals surface area contributed by atoms with Crippen molar-refractivity contribution in [3.63, 3.8) is 0 Å². The standard InChI is InChI=1S/C14H14N4O3/c19-13-6-3-9(8-16-13)17-12-5-4-11-10(2-1-7-15-11)14(12)18(20)21/h1-2,4-5,7,9,17H,3,6,8H2,(H,16,19). The Labute approximate surface area is 120 Å². The van der Waals surface area contributed by atoms with Crippen molar-refractivity contribution < 1.29 is 9.72 Å². The highest BCUT2D eigenvalue weighted by Gasteiger charge is 2.23. The molecule has 1 fully saturated rings. The lowest BCUT2D eigenvalue weighted by atomic mass is 10.1. The number of carbonyl (C=O) groups is 1. The van der Waals surface area contributed by atoms with E-state index in [1.807, 2.05) is 0 Å². The van der Waals surface area contributed by atoms with E-state index in [9.17, 15) is 14.9 Å². The van der Waals surface area contributed by atoms with Gasteiger partial charge in [-0.1, -0.05) is 0 Å². The van der Waals surface area contributed by atoms with Crippen LogP contribution in [0.2, 0.25) is 0 Å². The number of fused-ring (bicyclic) bond motifs is 1. The first-order valence-corrected chi connectivity index (χ1v) is 6.70. The van der Waals surface area contributed by atoms with Crippen LogP contribution in [0.15, 0.2) is 30.5 Å². The summed E-state index contributed by atoms with van der Waals surface area (Å²) in [4.78, 5) is 26.3. The number of pyridine rings is 1. The molecule has 2 aromatic rings. The molecule has 1 aliphatic heterocycles. The van der Waals surface area contributed by atoms with Crippen LogP contribution in [0.25, 0.3) is 10.9 Å². The van der Waals surface area contributed by atoms with Gasteiger partial charge in [-0.15, -0.1) is 0 Å². The van der Waals surface area contributed by atoms with Gasteiger partial charge in [-0.05, 0) is 30.7 Å². The van der Waals surface area contributed by atoms with Crippen LogP contribution >= 0.6 is 0 Å². The van der Waals surface area contributed by atoms with E-state index in [2.05, 4.69) is 15.6 Å². The van der Waals surface area contributed by atoms with Crippen LogP contribution in [0.5, 0.6) is 0 Å². The highest BCUT2D eigenvalue weighted by molar-refractivity contribution is 5.94. The molecule has 1 aromatic carbocycles. The van der Waals surface area contributed by atoms with Crippen molar-refractivity contribution in [1.29, 1.82) is 0 Å². The van der Waals surface area contributed by atoms with Crippen molar-refractivity contribution in [2.24, 2.45) is 0 Å². The van der Waals surface area contributed by atoms with E-state index in [1.54, 1.807) is 30.5 Å². The summed E-state index contributed by atoms with van der Waals surface area (Å²) in [6.07, 6.45) is 2.70. The van der Waals surface area contributed by atoms with Gasteiger partial charge in [-0.25, -0.2) is 0 Å². The monoisotopic (exact) mass is 286 g/mol. The molecule has 0 bridgehead atoms. The maximum Gasteiger partial charge on any atom is 0.301 e. The number of nitro groups is 1. The summed E-state index contributed by atoms with van der Waals surface area (Å²) < 4.78 is 0. The second-order valence-corrected chi connectivity index (χ2v) is 4.97. The number of hydrogen-bond acceptors (Lipinski definition) is 5. The van der Waals surface area contributed by atoms with Gasteiger partial charge < -0.3 is 10.6 Å². The fourth-order valence-corrected chi connectivity index (χ4v) is 2.53. The average Bonchev–Trinajstić information content (AvgIpc) is 2.49. The molecule has 2 N–H and O–H groups in total. The first-order chi connectivity index (χ1) is 10.1. The highest BCUT2D eigenvalue weighted by atomic mass is 16.6. The van der Waals surface area contributed by atoms with Crippen molar-refractivity contribution in [2.75, 3.05) is 11.9 Å². The molecule has 0 aliphatic carbocycles. The van der Waals surface area contributed by atoms with Crippen LogP contribution < -0.4 is 10.6 Å². The number of rotatable bonds is 3. The Bertz CT molecular complexity index is 706. The summed E-state index contributed by atoms with van der Waals surface area (Å²) in [5.41, 5.74) is 1.07. The number of nitro benzene ring substituents is 1. The zero-order chi connectivity index (χ0) is 14.8. The SMILES string of the molecule is O=C1CCC(Nc2ccc3ncccc3c2[N+](=O)[O-])CN1. The van der Waals surface area contributed by atoms with Crippen LogP contribution in [0.4, 0.5) is 11.4 Å². The molecule has 0 spiro atoms. The summed E-state index contributed by atoms with van der Waals surface area (Å²) in [6.45, 7) is 0.473. The lowest BCUT2D eigenvalue weighted by Gasteiger charge is -2.24. The predicted octanol–water partition coefficient (Wildman–Crippen LogP) is 1.83. The molecule has 1 atom stereocenters. The fourth-order valence-electron chi connectivity index (χ4n) is 2.53. The molecule has 0 radical (unpaired) electrons. The molecular weight excluding hydrogens is 272 g/mol. The molecule has 0 saturated carbocycles. The number of nitrogens with one attached hydrogen (secondary N) is 2. The lowest BCUT2D eigenvalue weighted by molar-refractivity contribution is -0.382. The molecular formula is C14H14N4O3. The lowest BCUT2D eigenvalue weighted by Crippen LogP contribution is -2.41. The fraction of sp³-hybridized carbons (Fsp3) is 0.286. The molecule has 7 heteroatoms. The van der Waals surface area contributed by atoms with Gasteiger partial charge in [0.05, 0.1) is 15.8 Å². The number of anilines is 1. The van der Waals surface area contributed by atoms with E-state index < -0.39 is 4.92 Å². The zero-order valence-corrected chi connectivity index (χ0v) is 11.2. The Kier molecular flexibility index (Phi) is 3.39. The van der Waals surface area contributed by atoms with E-state index in [-0.39, 0.29) is 17.6 Å². The van der Waals surface area contributed by atoms with Crippen molar-refractivity contribution in [3.05, 3.63) is 40.6 Å². The number of carbonyl (C=O) groups excluding carboxylic acids is 1. The molecule has 108 valence electrons. The van der Waals surface area contributed by atoms with E-state index in [0.29, 0.717) is 36.0 Å². The van der Waals surface area contributed by atoms with E-state index in [4.69, 9.17) is 0 Å². The number of hydrogen-bond donors (Lipinski definition) is 2. The van der Waals surface area contributed by atoms with Crippen LogP contribution in [0, 0.1) is 10.1 Å². The summed E-state index contributed by atoms with van der Waals surface area (Å²) in [7, 11) is 0. The summed E-state index contributed by atoms with van der Waals surface area (Å²) in [6, 6.07) is 6.79. The zero-order valence-electron chi connectivity index (χ0n) is 11.2. The number of piperidine rings is 1. The van der Waals surface area contributed by atoms with Gasteiger partial charge >= 0.3 is 5.69 Å². The Morgan fingerprint density at radius 3 is 2.95 bits per heavy atom. The van der Waals surface area contributed by atoms with Gasteiger partial charge in [0.2, 0.25) is 5.91 Å². The van der Waals surface area contributed by atoms with Gasteiger partial charge in [0.25, 0.3) is 0 Å². The van der Waals surface area contributed by atoms with Crippen molar-refractivity contribution in [3.8, 4) is 0 Å². The molecule has 21 heavy (non-hydrogen) atoms. The van der Waals surface area contributed by atoms with Gasteiger partial charge in [-0.2, -0.15) is 0 Å². The number of benzene rings is 1. The maximum atomic E-state index is 11.4. The normalized spacial score (nSPS) is 18.3. The average molecular weight is 286 g/mol. The first kappa shape index (κ1) is 13.3. The van der Waals surface area contributed by atoms with E-state index >= 15 is 0 Å². The summed E-state index contributed by atoms with van der Waals surface area (Å²) >= 11 is 0. The van der Waals surface area contributed by atoms with Crippen LogP contribution in [-0.4, -0.2) is 28.4 Å². The predicted molar refractivity (Wildman–Crippen MR) is 78.1 cm³/mol. The minimum Gasteiger partial charge on any atom is -0.375 e. The maximum absolute atomic E-state index is 11.4. The Balaban J connectivity index is 1.96. The minimum atomic E-state index is -0.395. The largest absolute Gasteiger partial charge is 0.375 e. The molecule has 1 unspecified atom stereocenters. The number of nitrogens with zero attached hydrogens (tertiary/aromatic N) is 2. The van der Waals surface area contributed by atoms with Crippen LogP contribution in [-0.2, 0) is 4.79 Å². The van der Waals surface area contributed by atoms with Gasteiger partial charge in [0.1, 0.15) is 5.69 Å². The molecule has 3 rings (SSSR count). The minimum absolute atomic E-state index is 0.00415. The molecule has 1 aliphatic rings.